The van der Waals surface area contributed by atoms with Gasteiger partial charge in [-0.15, -0.1) is 0 Å². The minimum absolute atomic E-state index is 0.0266. The summed E-state index contributed by atoms with van der Waals surface area (Å²) in [6, 6.07) is 0. The van der Waals surface area contributed by atoms with Crippen LogP contribution in [-0.4, -0.2) is 24.8 Å². The number of fused-ring (bicyclic) bond motifs is 1. The quantitative estimate of drug-likeness (QED) is 0.745. The molecular formula is C16H24O4. The van der Waals surface area contributed by atoms with E-state index in [1.165, 1.54) is 38.4 Å². The molecule has 112 valence electrons. The van der Waals surface area contributed by atoms with Gasteiger partial charge in [0, 0.05) is 0 Å². The number of carbonyl (C=O) groups excluding carboxylic acids is 1. The molecule has 0 saturated heterocycles. The molecule has 20 heavy (non-hydrogen) atoms. The van der Waals surface area contributed by atoms with Crippen molar-refractivity contribution in [3.8, 4) is 0 Å². The molecule has 2 saturated carbocycles. The summed E-state index contributed by atoms with van der Waals surface area (Å²) in [4.78, 5) is 11.7. The monoisotopic (exact) mass is 280 g/mol. The average molecular weight is 280 g/mol. The van der Waals surface area contributed by atoms with E-state index in [-0.39, 0.29) is 18.0 Å². The summed E-state index contributed by atoms with van der Waals surface area (Å²) in [6.45, 7) is 2.15. The Morgan fingerprint density at radius 3 is 2.75 bits per heavy atom. The van der Waals surface area contributed by atoms with Crippen LogP contribution < -0.4 is 0 Å². The van der Waals surface area contributed by atoms with Gasteiger partial charge in [-0.3, -0.25) is 0 Å². The van der Waals surface area contributed by atoms with E-state index in [9.17, 15) is 4.79 Å². The molecule has 0 N–H and O–H groups in total. The molecule has 2 fully saturated rings. The third-order valence-corrected chi connectivity index (χ3v) is 4.94. The third kappa shape index (κ3) is 2.79. The molecule has 3 unspecified atom stereocenters. The van der Waals surface area contributed by atoms with E-state index in [1.807, 2.05) is 0 Å². The lowest BCUT2D eigenvalue weighted by atomic mass is 9.76. The van der Waals surface area contributed by atoms with E-state index >= 15 is 0 Å². The Bertz CT molecular complexity index is 384. The number of esters is 1. The normalized spacial score (nSPS) is 33.6. The molecule has 0 radical (unpaired) electrons. The highest BCUT2D eigenvalue weighted by molar-refractivity contribution is 5.86. The number of hydrogen-bond donors (Lipinski definition) is 0. The van der Waals surface area contributed by atoms with Gasteiger partial charge in [0.2, 0.25) is 5.76 Å². The molecule has 1 heterocycles. The van der Waals surface area contributed by atoms with Crippen molar-refractivity contribution in [2.45, 2.75) is 64.1 Å². The van der Waals surface area contributed by atoms with Gasteiger partial charge in [-0.1, -0.05) is 25.7 Å². The summed E-state index contributed by atoms with van der Waals surface area (Å²) in [5, 5.41) is 0. The number of ether oxygens (including phenoxy) is 3. The zero-order valence-corrected chi connectivity index (χ0v) is 12.2. The lowest BCUT2D eigenvalue weighted by Gasteiger charge is -2.40. The standard InChI is InChI=1S/C16H24O4/c1-2-18-16(17)15-10-19-13-8-7-12(9-14(13)20-15)11-5-3-4-6-11/h10-14H,2-9H2,1H3. The SMILES string of the molecule is CCOC(=O)C1=COC2CCC(C3CCCC3)CC2O1. The van der Waals surface area contributed by atoms with Gasteiger partial charge in [0.25, 0.3) is 0 Å². The van der Waals surface area contributed by atoms with Crippen LogP contribution in [0.1, 0.15) is 51.9 Å². The molecule has 2 aliphatic carbocycles. The Morgan fingerprint density at radius 2 is 2.00 bits per heavy atom. The fraction of sp³-hybridized carbons (Fsp3) is 0.812. The lowest BCUT2D eigenvalue weighted by Crippen LogP contribution is -2.41. The van der Waals surface area contributed by atoms with E-state index in [2.05, 4.69) is 0 Å². The number of rotatable bonds is 3. The van der Waals surface area contributed by atoms with Crippen molar-refractivity contribution in [3.63, 3.8) is 0 Å². The van der Waals surface area contributed by atoms with Gasteiger partial charge in [0.1, 0.15) is 18.5 Å². The van der Waals surface area contributed by atoms with Gasteiger partial charge in [-0.2, -0.15) is 0 Å². The molecule has 3 atom stereocenters. The molecule has 0 spiro atoms. The Labute approximate surface area is 120 Å². The lowest BCUT2D eigenvalue weighted by molar-refractivity contribution is -0.151. The first kappa shape index (κ1) is 13.8. The highest BCUT2D eigenvalue weighted by atomic mass is 16.6. The Kier molecular flexibility index (Phi) is 4.18. The second kappa shape index (κ2) is 6.06. The van der Waals surface area contributed by atoms with E-state index < -0.39 is 5.97 Å². The van der Waals surface area contributed by atoms with Crippen molar-refractivity contribution in [1.29, 1.82) is 0 Å². The van der Waals surface area contributed by atoms with Crippen LogP contribution >= 0.6 is 0 Å². The highest BCUT2D eigenvalue weighted by Gasteiger charge is 2.40. The van der Waals surface area contributed by atoms with Crippen LogP contribution in [0.4, 0.5) is 0 Å². The molecule has 0 aromatic carbocycles. The first-order valence-electron chi connectivity index (χ1n) is 7.97. The van der Waals surface area contributed by atoms with Crippen LogP contribution in [0.3, 0.4) is 0 Å². The minimum Gasteiger partial charge on any atom is -0.490 e. The van der Waals surface area contributed by atoms with Crippen molar-refractivity contribution in [2.75, 3.05) is 6.61 Å². The van der Waals surface area contributed by atoms with Crippen molar-refractivity contribution >= 4 is 5.97 Å². The molecular weight excluding hydrogens is 256 g/mol. The topological polar surface area (TPSA) is 44.8 Å². The van der Waals surface area contributed by atoms with E-state index in [0.717, 1.165) is 24.7 Å². The van der Waals surface area contributed by atoms with Crippen LogP contribution in [0.25, 0.3) is 0 Å². The maximum absolute atomic E-state index is 11.7. The zero-order valence-electron chi connectivity index (χ0n) is 12.2. The molecule has 3 rings (SSSR count). The van der Waals surface area contributed by atoms with E-state index in [4.69, 9.17) is 14.2 Å². The van der Waals surface area contributed by atoms with Crippen molar-refractivity contribution in [1.82, 2.24) is 0 Å². The minimum atomic E-state index is -0.408. The van der Waals surface area contributed by atoms with Crippen LogP contribution in [0, 0.1) is 11.8 Å². The molecule has 4 nitrogen and oxygen atoms in total. The molecule has 0 aromatic heterocycles. The van der Waals surface area contributed by atoms with Gasteiger partial charge in [0.15, 0.2) is 0 Å². The fourth-order valence-corrected chi connectivity index (χ4v) is 3.91. The molecule has 3 aliphatic rings. The maximum Gasteiger partial charge on any atom is 0.376 e. The summed E-state index contributed by atoms with van der Waals surface area (Å²) >= 11 is 0. The predicted molar refractivity (Wildman–Crippen MR) is 73.8 cm³/mol. The van der Waals surface area contributed by atoms with Crippen molar-refractivity contribution < 1.29 is 19.0 Å². The van der Waals surface area contributed by atoms with Crippen LogP contribution in [0.15, 0.2) is 12.0 Å². The largest absolute Gasteiger partial charge is 0.490 e. The van der Waals surface area contributed by atoms with Gasteiger partial charge >= 0.3 is 5.97 Å². The Morgan fingerprint density at radius 1 is 1.20 bits per heavy atom. The summed E-state index contributed by atoms with van der Waals surface area (Å²) in [5.74, 6) is 1.43. The first-order chi connectivity index (χ1) is 9.78. The van der Waals surface area contributed by atoms with Crippen LogP contribution in [0.5, 0.6) is 0 Å². The Balaban J connectivity index is 1.60. The van der Waals surface area contributed by atoms with Crippen LogP contribution in [-0.2, 0) is 19.0 Å². The zero-order chi connectivity index (χ0) is 13.9. The van der Waals surface area contributed by atoms with Crippen LogP contribution in [0.2, 0.25) is 0 Å². The summed E-state index contributed by atoms with van der Waals surface area (Å²) < 4.78 is 16.5. The molecule has 0 bridgehead atoms. The van der Waals surface area contributed by atoms with Gasteiger partial charge in [0.05, 0.1) is 6.61 Å². The van der Waals surface area contributed by atoms with Crippen molar-refractivity contribution in [3.05, 3.63) is 12.0 Å². The van der Waals surface area contributed by atoms with E-state index in [1.54, 1.807) is 6.92 Å². The fourth-order valence-electron chi connectivity index (χ4n) is 3.91. The molecule has 1 aliphatic heterocycles. The molecule has 0 amide bonds. The highest BCUT2D eigenvalue weighted by Crippen LogP contribution is 2.42. The van der Waals surface area contributed by atoms with E-state index in [0.29, 0.717) is 6.61 Å². The number of hydrogen-bond acceptors (Lipinski definition) is 4. The Hall–Kier alpha value is -1.19. The van der Waals surface area contributed by atoms with Crippen molar-refractivity contribution in [2.24, 2.45) is 11.8 Å². The summed E-state index contributed by atoms with van der Waals surface area (Å²) in [5.41, 5.74) is 0. The smallest absolute Gasteiger partial charge is 0.376 e. The summed E-state index contributed by atoms with van der Waals surface area (Å²) in [7, 11) is 0. The maximum atomic E-state index is 11.7. The van der Waals surface area contributed by atoms with Gasteiger partial charge in [-0.05, 0) is 38.0 Å². The predicted octanol–water partition coefficient (Wildman–Crippen LogP) is 3.17. The van der Waals surface area contributed by atoms with Gasteiger partial charge < -0.3 is 14.2 Å². The molecule has 0 aromatic rings. The second-order valence-electron chi connectivity index (χ2n) is 6.15. The first-order valence-corrected chi connectivity index (χ1v) is 7.97. The number of carbonyl (C=O) groups is 1. The average Bonchev–Trinajstić information content (AvgIpc) is 3.00. The second-order valence-corrected chi connectivity index (χ2v) is 6.15. The molecule has 4 heteroatoms. The third-order valence-electron chi connectivity index (χ3n) is 4.94. The van der Waals surface area contributed by atoms with Gasteiger partial charge in [-0.25, -0.2) is 4.79 Å². The summed E-state index contributed by atoms with van der Waals surface area (Å²) in [6.07, 6.45) is 10.4.